The van der Waals surface area contributed by atoms with Crippen molar-refractivity contribution >= 4 is 11.8 Å². The summed E-state index contributed by atoms with van der Waals surface area (Å²) in [5, 5.41) is 2.49. The number of amides is 2. The number of anilines is 1. The van der Waals surface area contributed by atoms with E-state index < -0.39 is 11.8 Å². The maximum Gasteiger partial charge on any atom is 0.344 e. The van der Waals surface area contributed by atoms with Crippen molar-refractivity contribution in [3.8, 4) is 0 Å². The number of carbonyl (C=O) groups is 1. The lowest BCUT2D eigenvalue weighted by molar-refractivity contribution is 0.114. The Balaban J connectivity index is 3.03. The number of nitrogens with one attached hydrogen (secondary N) is 2. The van der Waals surface area contributed by atoms with Gasteiger partial charge in [-0.2, -0.15) is 0 Å². The van der Waals surface area contributed by atoms with E-state index in [2.05, 4.69) is 20.6 Å². The van der Waals surface area contributed by atoms with Crippen LogP contribution in [0.5, 0.6) is 0 Å². The molecule has 0 fully saturated rings. The minimum atomic E-state index is -0.558. The van der Waals surface area contributed by atoms with Crippen molar-refractivity contribution in [3.05, 3.63) is 23.6 Å². The van der Waals surface area contributed by atoms with E-state index in [1.807, 2.05) is 20.8 Å². The number of hydrogen-bond acceptors (Lipinski definition) is 3. The first-order chi connectivity index (χ1) is 7.84. The molecule has 17 heavy (non-hydrogen) atoms. The summed E-state index contributed by atoms with van der Waals surface area (Å²) in [5.41, 5.74) is 2.39. The highest BCUT2D eigenvalue weighted by atomic mass is 19.1. The molecule has 1 rings (SSSR count). The molecule has 94 valence electrons. The van der Waals surface area contributed by atoms with Crippen LogP contribution in [0.25, 0.3) is 0 Å². The second-order valence-electron chi connectivity index (χ2n) is 4.56. The van der Waals surface area contributed by atoms with Gasteiger partial charge in [0.05, 0.1) is 13.3 Å². The molecule has 0 aliphatic carbocycles. The molecule has 0 aliphatic heterocycles. The van der Waals surface area contributed by atoms with E-state index >= 15 is 0 Å². The first-order valence-corrected chi connectivity index (χ1v) is 5.10. The quantitative estimate of drug-likeness (QED) is 0.780. The molecule has 5 nitrogen and oxygen atoms in total. The van der Waals surface area contributed by atoms with E-state index in [-0.39, 0.29) is 5.41 Å². The number of aromatic nitrogens is 1. The Kier molecular flexibility index (Phi) is 4.01. The van der Waals surface area contributed by atoms with Crippen LogP contribution in [-0.4, -0.2) is 18.1 Å². The summed E-state index contributed by atoms with van der Waals surface area (Å²) in [5.74, 6) is -0.124. The number of hydrogen-bond donors (Lipinski definition) is 2. The Hall–Kier alpha value is -1.69. The summed E-state index contributed by atoms with van der Waals surface area (Å²) in [6.45, 7) is 5.72. The minimum Gasteiger partial charge on any atom is -0.290 e. The number of carbonyl (C=O) groups excluding carboxylic acids is 1. The number of hydroxylamine groups is 1. The highest BCUT2D eigenvalue weighted by Gasteiger charge is 2.21. The van der Waals surface area contributed by atoms with Crippen LogP contribution in [0.4, 0.5) is 15.0 Å². The van der Waals surface area contributed by atoms with Crippen molar-refractivity contribution < 1.29 is 14.0 Å². The third-order valence-corrected chi connectivity index (χ3v) is 2.09. The van der Waals surface area contributed by atoms with Crippen molar-refractivity contribution in [1.82, 2.24) is 10.5 Å². The number of halogens is 1. The molecule has 1 aromatic heterocycles. The zero-order chi connectivity index (χ0) is 13.1. The zero-order valence-corrected chi connectivity index (χ0v) is 10.3. The fraction of sp³-hybridized carbons (Fsp3) is 0.455. The van der Waals surface area contributed by atoms with Gasteiger partial charge in [0.2, 0.25) is 0 Å². The number of rotatable bonds is 2. The molecule has 2 amide bonds. The number of urea groups is 1. The molecule has 0 atom stereocenters. The first-order valence-electron chi connectivity index (χ1n) is 5.10. The average Bonchev–Trinajstić information content (AvgIpc) is 2.19. The second kappa shape index (κ2) is 5.09. The van der Waals surface area contributed by atoms with Gasteiger partial charge >= 0.3 is 6.03 Å². The van der Waals surface area contributed by atoms with Gasteiger partial charge in [0.15, 0.2) is 0 Å². The third-order valence-electron chi connectivity index (χ3n) is 2.09. The van der Waals surface area contributed by atoms with E-state index in [4.69, 9.17) is 0 Å². The van der Waals surface area contributed by atoms with Gasteiger partial charge in [0.1, 0.15) is 11.6 Å². The Labute approximate surface area is 99.3 Å². The summed E-state index contributed by atoms with van der Waals surface area (Å²) in [7, 11) is 1.32. The van der Waals surface area contributed by atoms with Gasteiger partial charge in [-0.15, -0.1) is 0 Å². The minimum absolute atomic E-state index is 0.313. The zero-order valence-electron chi connectivity index (χ0n) is 10.3. The molecule has 0 bridgehead atoms. The van der Waals surface area contributed by atoms with Gasteiger partial charge < -0.3 is 0 Å². The van der Waals surface area contributed by atoms with E-state index in [1.54, 1.807) is 0 Å². The van der Waals surface area contributed by atoms with Crippen LogP contribution in [0, 0.1) is 5.82 Å². The lowest BCUT2D eigenvalue weighted by atomic mass is 9.87. The number of pyridine rings is 1. The topological polar surface area (TPSA) is 63.2 Å². The van der Waals surface area contributed by atoms with Crippen molar-refractivity contribution in [2.24, 2.45) is 0 Å². The van der Waals surface area contributed by atoms with Gasteiger partial charge in [-0.1, -0.05) is 20.8 Å². The summed E-state index contributed by atoms with van der Waals surface area (Å²) in [4.78, 5) is 19.6. The molecule has 1 aromatic rings. The predicted molar refractivity (Wildman–Crippen MR) is 62.1 cm³/mol. The summed E-state index contributed by atoms with van der Waals surface area (Å²) in [6, 6.07) is 0.798. The van der Waals surface area contributed by atoms with Crippen LogP contribution >= 0.6 is 0 Å². The molecule has 0 radical (unpaired) electrons. The number of nitrogens with zero attached hydrogens (tertiary/aromatic N) is 1. The molecule has 1 heterocycles. The molecule has 0 unspecified atom stereocenters. The Bertz CT molecular complexity index is 416. The fourth-order valence-electron chi connectivity index (χ4n) is 1.34. The van der Waals surface area contributed by atoms with Crippen LogP contribution < -0.4 is 10.8 Å². The van der Waals surface area contributed by atoms with Crippen molar-refractivity contribution in [2.75, 3.05) is 12.4 Å². The Morgan fingerprint density at radius 2 is 2.12 bits per heavy atom. The smallest absolute Gasteiger partial charge is 0.290 e. The van der Waals surface area contributed by atoms with Crippen molar-refractivity contribution in [2.45, 2.75) is 26.2 Å². The van der Waals surface area contributed by atoms with E-state index in [9.17, 15) is 9.18 Å². The Morgan fingerprint density at radius 3 is 2.65 bits per heavy atom. The van der Waals surface area contributed by atoms with Gasteiger partial charge in [-0.25, -0.2) is 19.6 Å². The van der Waals surface area contributed by atoms with Gasteiger partial charge in [0, 0.05) is 5.56 Å². The molecule has 2 N–H and O–H groups in total. The standard InChI is InChI=1S/C11H16FN3O2/c1-11(2,3)8-5-7(12)6-13-9(8)14-10(16)15-17-4/h5-6H,1-4H3,(H2,13,14,15,16). The van der Waals surface area contributed by atoms with Crippen molar-refractivity contribution in [1.29, 1.82) is 0 Å². The van der Waals surface area contributed by atoms with E-state index in [0.717, 1.165) is 6.20 Å². The molecule has 0 aliphatic rings. The molecular weight excluding hydrogens is 225 g/mol. The fourth-order valence-corrected chi connectivity index (χ4v) is 1.34. The molecule has 0 saturated heterocycles. The highest BCUT2D eigenvalue weighted by molar-refractivity contribution is 5.88. The van der Waals surface area contributed by atoms with E-state index in [1.165, 1.54) is 13.2 Å². The van der Waals surface area contributed by atoms with Crippen LogP contribution in [0.2, 0.25) is 0 Å². The van der Waals surface area contributed by atoms with Crippen molar-refractivity contribution in [3.63, 3.8) is 0 Å². The van der Waals surface area contributed by atoms with Crippen LogP contribution in [0.15, 0.2) is 12.3 Å². The molecular formula is C11H16FN3O2. The molecule has 6 heteroatoms. The van der Waals surface area contributed by atoms with Gasteiger partial charge in [-0.3, -0.25) is 10.2 Å². The van der Waals surface area contributed by atoms with Crippen LogP contribution in [0.3, 0.4) is 0 Å². The highest BCUT2D eigenvalue weighted by Crippen LogP contribution is 2.28. The molecule has 0 saturated carbocycles. The lowest BCUT2D eigenvalue weighted by Crippen LogP contribution is -2.29. The van der Waals surface area contributed by atoms with Crippen LogP contribution in [0.1, 0.15) is 26.3 Å². The third kappa shape index (κ3) is 3.67. The van der Waals surface area contributed by atoms with Gasteiger partial charge in [-0.05, 0) is 11.5 Å². The Morgan fingerprint density at radius 1 is 1.47 bits per heavy atom. The van der Waals surface area contributed by atoms with Gasteiger partial charge in [0.25, 0.3) is 0 Å². The maximum atomic E-state index is 13.1. The second-order valence-corrected chi connectivity index (χ2v) is 4.56. The first kappa shape index (κ1) is 13.4. The largest absolute Gasteiger partial charge is 0.344 e. The summed E-state index contributed by atoms with van der Waals surface area (Å²) < 4.78 is 13.1. The lowest BCUT2D eigenvalue weighted by Gasteiger charge is -2.22. The predicted octanol–water partition coefficient (Wildman–Crippen LogP) is 2.20. The molecule has 0 aromatic carbocycles. The average molecular weight is 241 g/mol. The normalized spacial score (nSPS) is 11.1. The monoisotopic (exact) mass is 241 g/mol. The summed E-state index contributed by atoms with van der Waals surface area (Å²) in [6.07, 6.45) is 1.05. The van der Waals surface area contributed by atoms with Crippen LogP contribution in [-0.2, 0) is 10.3 Å². The maximum absolute atomic E-state index is 13.1. The summed E-state index contributed by atoms with van der Waals surface area (Å²) >= 11 is 0. The van der Waals surface area contributed by atoms with E-state index in [0.29, 0.717) is 11.4 Å². The SMILES string of the molecule is CONC(=O)Nc1ncc(F)cc1C(C)(C)C. The molecule has 0 spiro atoms.